The third kappa shape index (κ3) is 8.20. The molecule has 2 nitrogen and oxygen atoms in total. The van der Waals surface area contributed by atoms with Crippen molar-refractivity contribution in [1.82, 2.24) is 0 Å². The minimum atomic E-state index is -0.270. The van der Waals surface area contributed by atoms with E-state index < -0.39 is 0 Å². The monoisotopic (exact) mass is 529 g/mol. The number of thioether (sulfide) groups is 2. The number of hydrogen-bond acceptors (Lipinski definition) is 6. The van der Waals surface area contributed by atoms with Crippen LogP contribution >= 0.6 is 46.8 Å². The molecule has 4 rings (SSSR count). The summed E-state index contributed by atoms with van der Waals surface area (Å²) in [5, 5.41) is 2.02. The number of ether oxygens (including phenoxy) is 1. The molecule has 4 aromatic rings. The van der Waals surface area contributed by atoms with Gasteiger partial charge in [-0.2, -0.15) is 4.40 Å². The first-order valence-corrected chi connectivity index (χ1v) is 13.8. The third-order valence-corrected chi connectivity index (χ3v) is 8.61. The molecule has 0 N–H and O–H groups in total. The molecule has 0 amide bonds. The van der Waals surface area contributed by atoms with Gasteiger partial charge in [0.25, 0.3) is 0 Å². The highest BCUT2D eigenvalue weighted by Gasteiger charge is 2.18. The van der Waals surface area contributed by atoms with Crippen LogP contribution in [0.5, 0.6) is 0 Å². The molecule has 3 aromatic carbocycles. The molecule has 8 heteroatoms. The van der Waals surface area contributed by atoms with Gasteiger partial charge >= 0.3 is 0 Å². The molecule has 0 saturated carbocycles. The van der Waals surface area contributed by atoms with Crippen LogP contribution in [-0.2, 0) is 11.3 Å². The lowest BCUT2D eigenvalue weighted by atomic mass is 10.3. The van der Waals surface area contributed by atoms with Crippen LogP contribution in [-0.4, -0.2) is 10.5 Å². The molecule has 0 aliphatic heterocycles. The second kappa shape index (κ2) is 13.0. The molecule has 0 aliphatic rings. The van der Waals surface area contributed by atoms with Crippen molar-refractivity contribution in [1.29, 1.82) is 0 Å². The van der Waals surface area contributed by atoms with Crippen LogP contribution < -0.4 is 0 Å². The third-order valence-electron chi connectivity index (χ3n) is 4.46. The largest absolute Gasteiger partial charge is 0.475 e. The van der Waals surface area contributed by atoms with Crippen LogP contribution in [0.3, 0.4) is 0 Å². The summed E-state index contributed by atoms with van der Waals surface area (Å²) in [5.41, 5.74) is 0. The van der Waals surface area contributed by atoms with E-state index in [1.54, 1.807) is 59.1 Å². The van der Waals surface area contributed by atoms with Gasteiger partial charge in [0.2, 0.25) is 0 Å². The summed E-state index contributed by atoms with van der Waals surface area (Å²) in [4.78, 5) is 4.02. The molecule has 0 spiro atoms. The predicted octanol–water partition coefficient (Wildman–Crippen LogP) is 8.95. The van der Waals surface area contributed by atoms with Crippen LogP contribution in [0.15, 0.2) is 115 Å². The van der Waals surface area contributed by atoms with E-state index in [0.717, 1.165) is 19.6 Å². The first kappa shape index (κ1) is 24.9. The topological polar surface area (TPSA) is 21.6 Å². The van der Waals surface area contributed by atoms with Crippen LogP contribution in [0.4, 0.5) is 8.78 Å². The summed E-state index contributed by atoms with van der Waals surface area (Å²) in [7, 11) is 0. The Labute approximate surface area is 215 Å². The molecule has 0 unspecified atom stereocenters. The summed E-state index contributed by atoms with van der Waals surface area (Å²) in [6.07, 6.45) is 0.537. The van der Waals surface area contributed by atoms with Gasteiger partial charge in [0, 0.05) is 37.9 Å². The van der Waals surface area contributed by atoms with Crippen molar-refractivity contribution in [3.05, 3.63) is 113 Å². The Morgan fingerprint density at radius 2 is 1.38 bits per heavy atom. The number of thiophene rings is 1. The first-order chi connectivity index (χ1) is 16.6. The van der Waals surface area contributed by atoms with E-state index in [9.17, 15) is 8.78 Å². The quantitative estimate of drug-likeness (QED) is 0.0672. The van der Waals surface area contributed by atoms with Crippen LogP contribution in [0, 0.1) is 11.6 Å². The Hall–Kier alpha value is -2.26. The summed E-state index contributed by atoms with van der Waals surface area (Å²) in [6, 6.07) is 26.8. The average molecular weight is 530 g/mol. The lowest BCUT2D eigenvalue weighted by molar-refractivity contribution is 0.289. The Balaban J connectivity index is 1.54. The fourth-order valence-corrected chi connectivity index (χ4v) is 6.57. The molecule has 1 aromatic heterocycles. The van der Waals surface area contributed by atoms with Gasteiger partial charge in [-0.3, -0.25) is 0 Å². The number of nitrogens with zero attached hydrogens (tertiary/aromatic N) is 1. The fourth-order valence-electron chi connectivity index (χ4n) is 2.84. The zero-order valence-electron chi connectivity index (χ0n) is 18.0. The van der Waals surface area contributed by atoms with Crippen molar-refractivity contribution < 1.29 is 13.5 Å². The van der Waals surface area contributed by atoms with Crippen LogP contribution in [0.1, 0.15) is 11.3 Å². The van der Waals surface area contributed by atoms with Gasteiger partial charge in [0.05, 0.1) is 4.58 Å². The first-order valence-electron chi connectivity index (χ1n) is 10.4. The van der Waals surface area contributed by atoms with Crippen molar-refractivity contribution in [2.45, 2.75) is 32.3 Å². The molecular formula is C26H21F2NOS4. The molecule has 0 radical (unpaired) electrons. The van der Waals surface area contributed by atoms with Crippen molar-refractivity contribution in [2.75, 3.05) is 0 Å². The molecule has 0 fully saturated rings. The van der Waals surface area contributed by atoms with E-state index in [-0.39, 0.29) is 16.2 Å². The van der Waals surface area contributed by atoms with Gasteiger partial charge < -0.3 is 4.74 Å². The normalized spacial score (nSPS) is 11.7. The maximum absolute atomic E-state index is 13.4. The lowest BCUT2D eigenvalue weighted by Crippen LogP contribution is -2.11. The molecule has 0 bridgehead atoms. The SMILES string of the molecule is Fc1ccc(SC(CC(=NSc2ccccc2)OCc2cccs2)Sc2ccc(F)cc2)cc1. The van der Waals surface area contributed by atoms with Crippen molar-refractivity contribution in [2.24, 2.45) is 4.40 Å². The van der Waals surface area contributed by atoms with Gasteiger partial charge in [0.1, 0.15) is 18.2 Å². The Bertz CT molecular complexity index is 1120. The van der Waals surface area contributed by atoms with Crippen molar-refractivity contribution >= 4 is 52.7 Å². The second-order valence-corrected chi connectivity index (χ2v) is 11.8. The molecular weight excluding hydrogens is 509 g/mol. The zero-order valence-corrected chi connectivity index (χ0v) is 21.2. The lowest BCUT2D eigenvalue weighted by Gasteiger charge is -2.18. The number of halogens is 2. The molecule has 0 atom stereocenters. The van der Waals surface area contributed by atoms with Crippen molar-refractivity contribution in [3.63, 3.8) is 0 Å². The van der Waals surface area contributed by atoms with E-state index >= 15 is 0 Å². The predicted molar refractivity (Wildman–Crippen MR) is 142 cm³/mol. The summed E-state index contributed by atoms with van der Waals surface area (Å²) < 4.78 is 37.7. The van der Waals surface area contributed by atoms with E-state index in [1.807, 2.05) is 47.8 Å². The minimum absolute atomic E-state index is 0.0191. The zero-order chi connectivity index (χ0) is 23.6. The Morgan fingerprint density at radius 3 is 1.94 bits per heavy atom. The van der Waals surface area contributed by atoms with Crippen LogP contribution in [0.2, 0.25) is 0 Å². The molecule has 0 aliphatic carbocycles. The molecule has 0 saturated heterocycles. The molecule has 174 valence electrons. The van der Waals surface area contributed by atoms with E-state index in [4.69, 9.17) is 9.13 Å². The number of rotatable bonds is 10. The van der Waals surface area contributed by atoms with Crippen LogP contribution in [0.25, 0.3) is 0 Å². The highest BCUT2D eigenvalue weighted by molar-refractivity contribution is 8.17. The summed E-state index contributed by atoms with van der Waals surface area (Å²) in [5.74, 6) is 0.0808. The highest BCUT2D eigenvalue weighted by atomic mass is 32.2. The standard InChI is InChI=1S/C26H21F2NOS4/c27-19-8-12-21(13-9-19)32-26(33-22-14-10-20(28)11-15-22)17-25(30-18-24-7-4-16-31-24)29-34-23-5-2-1-3-6-23/h1-16,26H,17-18H2. The van der Waals surface area contributed by atoms with Crippen molar-refractivity contribution in [3.8, 4) is 0 Å². The van der Waals surface area contributed by atoms with Gasteiger partial charge in [0.15, 0.2) is 5.90 Å². The van der Waals surface area contributed by atoms with Gasteiger partial charge in [-0.05, 0) is 72.1 Å². The average Bonchev–Trinajstić information content (AvgIpc) is 3.38. The maximum atomic E-state index is 13.4. The highest BCUT2D eigenvalue weighted by Crippen LogP contribution is 2.38. The van der Waals surface area contributed by atoms with Gasteiger partial charge in [-0.1, -0.05) is 24.3 Å². The molecule has 34 heavy (non-hydrogen) atoms. The summed E-state index contributed by atoms with van der Waals surface area (Å²) >= 11 is 6.22. The van der Waals surface area contributed by atoms with Gasteiger partial charge in [-0.15, -0.1) is 34.9 Å². The Kier molecular flexibility index (Phi) is 9.50. The smallest absolute Gasteiger partial charge is 0.197 e. The maximum Gasteiger partial charge on any atom is 0.197 e. The minimum Gasteiger partial charge on any atom is -0.475 e. The van der Waals surface area contributed by atoms with E-state index in [0.29, 0.717) is 18.9 Å². The van der Waals surface area contributed by atoms with Gasteiger partial charge in [-0.25, -0.2) is 8.78 Å². The summed E-state index contributed by atoms with van der Waals surface area (Å²) in [6.45, 7) is 0.445. The fraction of sp³-hybridized carbons (Fsp3) is 0.115. The van der Waals surface area contributed by atoms with E-state index in [1.165, 1.54) is 36.2 Å². The number of hydrogen-bond donors (Lipinski definition) is 0. The number of benzene rings is 3. The van der Waals surface area contributed by atoms with E-state index in [2.05, 4.69) is 0 Å². The molecule has 1 heterocycles. The Morgan fingerprint density at radius 1 is 0.765 bits per heavy atom. The second-order valence-electron chi connectivity index (χ2n) is 7.03.